The first-order chi connectivity index (χ1) is 8.70. The van der Waals surface area contributed by atoms with E-state index in [1.165, 1.54) is 0 Å². The van der Waals surface area contributed by atoms with E-state index in [0.717, 1.165) is 5.69 Å². The molecule has 1 amide bonds. The van der Waals surface area contributed by atoms with Crippen LogP contribution in [-0.4, -0.2) is 31.8 Å². The molecule has 0 aromatic carbocycles. The van der Waals surface area contributed by atoms with Crippen molar-refractivity contribution in [3.63, 3.8) is 0 Å². The van der Waals surface area contributed by atoms with Gasteiger partial charge in [-0.3, -0.25) is 9.48 Å². The monoisotopic (exact) mass is 248 g/mol. The molecule has 0 saturated heterocycles. The summed E-state index contributed by atoms with van der Waals surface area (Å²) in [5.41, 5.74) is 6.76. The predicted molar refractivity (Wildman–Crippen MR) is 65.7 cm³/mol. The minimum absolute atomic E-state index is 0.202. The van der Waals surface area contributed by atoms with Crippen LogP contribution >= 0.6 is 0 Å². The fraction of sp³-hybridized carbons (Fsp3) is 0.364. The molecule has 0 unspecified atom stereocenters. The second-order valence-electron chi connectivity index (χ2n) is 3.91. The molecular weight excluding hydrogens is 232 g/mol. The molecular formula is C11H16N6O. The van der Waals surface area contributed by atoms with Crippen molar-refractivity contribution >= 4 is 5.91 Å². The van der Waals surface area contributed by atoms with Gasteiger partial charge in [0.1, 0.15) is 5.69 Å². The maximum atomic E-state index is 11.8. The summed E-state index contributed by atoms with van der Waals surface area (Å²) in [4.78, 5) is 15.9. The number of aromatic nitrogens is 4. The summed E-state index contributed by atoms with van der Waals surface area (Å²) in [5, 5.41) is 6.82. The van der Waals surface area contributed by atoms with Gasteiger partial charge in [-0.2, -0.15) is 5.10 Å². The highest BCUT2D eigenvalue weighted by Crippen LogP contribution is 1.99. The molecule has 0 spiro atoms. The summed E-state index contributed by atoms with van der Waals surface area (Å²) >= 11 is 0. The zero-order valence-electron chi connectivity index (χ0n) is 10.2. The second kappa shape index (κ2) is 5.46. The zero-order chi connectivity index (χ0) is 13.0. The highest BCUT2D eigenvalue weighted by molar-refractivity contribution is 5.91. The number of imidazole rings is 1. The predicted octanol–water partition coefficient (Wildman–Crippen LogP) is -0.495. The number of amides is 1. The van der Waals surface area contributed by atoms with E-state index in [4.69, 9.17) is 5.73 Å². The van der Waals surface area contributed by atoms with Crippen molar-refractivity contribution in [1.29, 1.82) is 0 Å². The van der Waals surface area contributed by atoms with Crippen LogP contribution in [0.3, 0.4) is 0 Å². The molecule has 0 aliphatic carbocycles. The Morgan fingerprint density at radius 2 is 2.39 bits per heavy atom. The van der Waals surface area contributed by atoms with Crippen LogP contribution in [0.2, 0.25) is 0 Å². The smallest absolute Gasteiger partial charge is 0.271 e. The zero-order valence-corrected chi connectivity index (χ0v) is 10.2. The van der Waals surface area contributed by atoms with Crippen LogP contribution in [-0.2, 0) is 20.1 Å². The molecule has 0 saturated carbocycles. The first-order valence-corrected chi connectivity index (χ1v) is 5.67. The second-order valence-corrected chi connectivity index (χ2v) is 3.91. The number of hydrogen-bond acceptors (Lipinski definition) is 4. The van der Waals surface area contributed by atoms with Crippen LogP contribution < -0.4 is 11.1 Å². The van der Waals surface area contributed by atoms with E-state index in [9.17, 15) is 4.79 Å². The van der Waals surface area contributed by atoms with Gasteiger partial charge >= 0.3 is 0 Å². The Kier molecular flexibility index (Phi) is 3.73. The maximum absolute atomic E-state index is 11.8. The van der Waals surface area contributed by atoms with Crippen molar-refractivity contribution in [3.8, 4) is 0 Å². The van der Waals surface area contributed by atoms with Crippen molar-refractivity contribution in [2.45, 2.75) is 13.1 Å². The van der Waals surface area contributed by atoms with Crippen LogP contribution in [0.15, 0.2) is 24.8 Å². The van der Waals surface area contributed by atoms with Crippen LogP contribution in [0.1, 0.15) is 16.2 Å². The SMILES string of the molecule is Cn1nccc1CNC(=O)c1cn(CCN)cn1. The van der Waals surface area contributed by atoms with Gasteiger partial charge in [0.05, 0.1) is 18.6 Å². The van der Waals surface area contributed by atoms with E-state index in [1.54, 1.807) is 28.0 Å². The third-order valence-electron chi connectivity index (χ3n) is 2.61. The minimum atomic E-state index is -0.202. The third kappa shape index (κ3) is 2.75. The molecule has 3 N–H and O–H groups in total. The molecule has 2 heterocycles. The average Bonchev–Trinajstić information content (AvgIpc) is 2.96. The molecule has 0 fully saturated rings. The van der Waals surface area contributed by atoms with Crippen LogP contribution in [0.25, 0.3) is 0 Å². The Bertz CT molecular complexity index is 529. The molecule has 2 aromatic heterocycles. The summed E-state index contributed by atoms with van der Waals surface area (Å²) in [7, 11) is 1.83. The first-order valence-electron chi connectivity index (χ1n) is 5.67. The summed E-state index contributed by atoms with van der Waals surface area (Å²) < 4.78 is 3.51. The number of nitrogens with zero attached hydrogens (tertiary/aromatic N) is 4. The number of carbonyl (C=O) groups excluding carboxylic acids is 1. The Labute approximate surface area is 105 Å². The van der Waals surface area contributed by atoms with Gasteiger partial charge in [-0.25, -0.2) is 4.98 Å². The van der Waals surface area contributed by atoms with E-state index < -0.39 is 0 Å². The van der Waals surface area contributed by atoms with Gasteiger partial charge in [-0.1, -0.05) is 0 Å². The molecule has 96 valence electrons. The third-order valence-corrected chi connectivity index (χ3v) is 2.61. The van der Waals surface area contributed by atoms with E-state index in [-0.39, 0.29) is 5.91 Å². The molecule has 0 radical (unpaired) electrons. The van der Waals surface area contributed by atoms with Gasteiger partial charge in [0, 0.05) is 32.5 Å². The fourth-order valence-electron chi connectivity index (χ4n) is 1.58. The fourth-order valence-corrected chi connectivity index (χ4v) is 1.58. The number of aryl methyl sites for hydroxylation is 1. The van der Waals surface area contributed by atoms with E-state index >= 15 is 0 Å². The number of nitrogens with one attached hydrogen (secondary N) is 1. The molecule has 0 aliphatic rings. The molecule has 7 heteroatoms. The molecule has 2 rings (SSSR count). The highest BCUT2D eigenvalue weighted by Gasteiger charge is 2.09. The molecule has 0 atom stereocenters. The van der Waals surface area contributed by atoms with Crippen LogP contribution in [0.5, 0.6) is 0 Å². The molecule has 7 nitrogen and oxygen atoms in total. The lowest BCUT2D eigenvalue weighted by atomic mass is 10.4. The number of hydrogen-bond donors (Lipinski definition) is 2. The van der Waals surface area contributed by atoms with Crippen molar-refractivity contribution in [3.05, 3.63) is 36.2 Å². The summed E-state index contributed by atoms with van der Waals surface area (Å²) in [6.07, 6.45) is 4.98. The van der Waals surface area contributed by atoms with Gasteiger partial charge in [0.2, 0.25) is 0 Å². The van der Waals surface area contributed by atoms with Gasteiger partial charge < -0.3 is 15.6 Å². The highest BCUT2D eigenvalue weighted by atomic mass is 16.1. The standard InChI is InChI=1S/C11H16N6O/c1-16-9(2-4-15-16)6-13-11(18)10-7-17(5-3-12)8-14-10/h2,4,7-8H,3,5-6,12H2,1H3,(H,13,18). The normalized spacial score (nSPS) is 10.6. The number of rotatable bonds is 5. The van der Waals surface area contributed by atoms with Gasteiger partial charge in [-0.05, 0) is 6.07 Å². The lowest BCUT2D eigenvalue weighted by Crippen LogP contribution is -2.24. The van der Waals surface area contributed by atoms with Crippen molar-refractivity contribution in [2.75, 3.05) is 6.54 Å². The Morgan fingerprint density at radius 1 is 1.56 bits per heavy atom. The largest absolute Gasteiger partial charge is 0.345 e. The lowest BCUT2D eigenvalue weighted by molar-refractivity contribution is 0.0945. The summed E-state index contributed by atoms with van der Waals surface area (Å²) in [5.74, 6) is -0.202. The van der Waals surface area contributed by atoms with Crippen molar-refractivity contribution in [1.82, 2.24) is 24.6 Å². The van der Waals surface area contributed by atoms with E-state index in [0.29, 0.717) is 25.3 Å². The Balaban J connectivity index is 1.93. The van der Waals surface area contributed by atoms with Crippen LogP contribution in [0.4, 0.5) is 0 Å². The van der Waals surface area contributed by atoms with Crippen LogP contribution in [0, 0.1) is 0 Å². The van der Waals surface area contributed by atoms with Gasteiger partial charge in [0.15, 0.2) is 0 Å². The maximum Gasteiger partial charge on any atom is 0.271 e. The number of carbonyl (C=O) groups is 1. The van der Waals surface area contributed by atoms with Crippen molar-refractivity contribution < 1.29 is 4.79 Å². The van der Waals surface area contributed by atoms with Gasteiger partial charge in [0.25, 0.3) is 5.91 Å². The Morgan fingerprint density at radius 3 is 3.06 bits per heavy atom. The number of nitrogens with two attached hydrogens (primary N) is 1. The minimum Gasteiger partial charge on any atom is -0.345 e. The molecule has 0 bridgehead atoms. The Hall–Kier alpha value is -2.15. The van der Waals surface area contributed by atoms with Crippen molar-refractivity contribution in [2.24, 2.45) is 12.8 Å². The first kappa shape index (κ1) is 12.3. The van der Waals surface area contributed by atoms with E-state index in [2.05, 4.69) is 15.4 Å². The average molecular weight is 248 g/mol. The lowest BCUT2D eigenvalue weighted by Gasteiger charge is -2.03. The molecule has 0 aliphatic heterocycles. The topological polar surface area (TPSA) is 90.8 Å². The summed E-state index contributed by atoms with van der Waals surface area (Å²) in [6.45, 7) is 1.60. The summed E-state index contributed by atoms with van der Waals surface area (Å²) in [6, 6.07) is 1.85. The van der Waals surface area contributed by atoms with E-state index in [1.807, 2.05) is 13.1 Å². The quantitative estimate of drug-likeness (QED) is 0.746. The van der Waals surface area contributed by atoms with Gasteiger partial charge in [-0.15, -0.1) is 0 Å². The molecule has 18 heavy (non-hydrogen) atoms. The molecule has 2 aromatic rings.